The quantitative estimate of drug-likeness (QED) is 0.203. The first kappa shape index (κ1) is 30.9. The Labute approximate surface area is 274 Å². The van der Waals surface area contributed by atoms with Crippen molar-refractivity contribution >= 4 is 43.7 Å². The third kappa shape index (κ3) is 5.21. The maximum Gasteiger partial charge on any atom is 0.255 e. The van der Waals surface area contributed by atoms with Gasteiger partial charge in [-0.3, -0.25) is 9.10 Å². The van der Waals surface area contributed by atoms with Crippen LogP contribution >= 0.6 is 0 Å². The smallest absolute Gasteiger partial charge is 0.255 e. The minimum atomic E-state index is -3.85. The Morgan fingerprint density at radius 1 is 1.02 bits per heavy atom. The number of halogens is 1. The van der Waals surface area contributed by atoms with Crippen LogP contribution in [0.1, 0.15) is 15.9 Å². The van der Waals surface area contributed by atoms with Gasteiger partial charge in [0.15, 0.2) is 5.58 Å². The second-order valence-corrected chi connectivity index (χ2v) is 13.1. The van der Waals surface area contributed by atoms with Crippen LogP contribution < -0.4 is 14.4 Å². The molecule has 242 valence electrons. The lowest BCUT2D eigenvalue weighted by molar-refractivity contribution is 0.0146. The number of ether oxygens (including phenoxy) is 2. The van der Waals surface area contributed by atoms with Gasteiger partial charge in [0.25, 0.3) is 5.91 Å². The number of carbonyl (C=O) groups is 1. The lowest BCUT2D eigenvalue weighted by atomic mass is 9.96. The number of sulfonamides is 1. The molecule has 2 aromatic heterocycles. The molecule has 6 aromatic rings. The molecule has 13 heteroatoms. The topological polar surface area (TPSA) is 148 Å². The summed E-state index contributed by atoms with van der Waals surface area (Å²) in [6.45, 7) is 0.371. The first-order valence-corrected chi connectivity index (χ1v) is 16.6. The molecular formula is C35H27FN4O7S. The number of carbonyl (C=O) groups excluding carboxylic acids is 1. The third-order valence-electron chi connectivity index (χ3n) is 8.19. The number of oxazole rings is 1. The number of anilines is 1. The van der Waals surface area contributed by atoms with Gasteiger partial charge in [-0.2, -0.15) is 5.26 Å². The molecule has 1 aliphatic rings. The Morgan fingerprint density at radius 2 is 1.77 bits per heavy atom. The van der Waals surface area contributed by atoms with Crippen molar-refractivity contribution in [1.29, 1.82) is 5.26 Å². The van der Waals surface area contributed by atoms with E-state index in [4.69, 9.17) is 18.3 Å². The highest BCUT2D eigenvalue weighted by atomic mass is 32.2. The molecule has 0 radical (unpaired) electrons. The van der Waals surface area contributed by atoms with E-state index in [1.54, 1.807) is 48.5 Å². The van der Waals surface area contributed by atoms with Gasteiger partial charge >= 0.3 is 0 Å². The molecule has 0 bridgehead atoms. The SMILES string of the molecule is CNC(=O)c1c(-c2ccc(F)cc2)oc2cc(N(C3COC3)S(C)(=O)=O)c(-c3ccc(OC)c(-c4nc5c(C#N)cccc5o4)c3)cc12. The second-order valence-electron chi connectivity index (χ2n) is 11.2. The summed E-state index contributed by atoms with van der Waals surface area (Å²) in [7, 11) is -0.868. The molecule has 4 aromatic carbocycles. The van der Waals surface area contributed by atoms with Crippen LogP contribution in [0.5, 0.6) is 5.75 Å². The van der Waals surface area contributed by atoms with E-state index >= 15 is 0 Å². The average molecular weight is 667 g/mol. The van der Waals surface area contributed by atoms with Crippen LogP contribution in [0.2, 0.25) is 0 Å². The fourth-order valence-corrected chi connectivity index (χ4v) is 7.07. The van der Waals surface area contributed by atoms with Crippen molar-refractivity contribution in [2.75, 3.05) is 37.9 Å². The largest absolute Gasteiger partial charge is 0.496 e. The van der Waals surface area contributed by atoms with Crippen molar-refractivity contribution in [2.45, 2.75) is 6.04 Å². The third-order valence-corrected chi connectivity index (χ3v) is 9.40. The van der Waals surface area contributed by atoms with Crippen molar-refractivity contribution < 1.29 is 35.9 Å². The van der Waals surface area contributed by atoms with Crippen LogP contribution in [0.4, 0.5) is 10.1 Å². The van der Waals surface area contributed by atoms with Gasteiger partial charge in [0.1, 0.15) is 34.5 Å². The number of nitriles is 1. The number of hydrogen-bond donors (Lipinski definition) is 1. The molecule has 1 N–H and O–H groups in total. The predicted octanol–water partition coefficient (Wildman–Crippen LogP) is 6.12. The molecule has 11 nitrogen and oxygen atoms in total. The van der Waals surface area contributed by atoms with Crippen LogP contribution in [0, 0.1) is 17.1 Å². The number of methoxy groups -OCH3 is 1. The van der Waals surface area contributed by atoms with Gasteiger partial charge in [0.2, 0.25) is 15.9 Å². The maximum atomic E-state index is 13.8. The molecular weight excluding hydrogens is 639 g/mol. The van der Waals surface area contributed by atoms with E-state index < -0.39 is 27.8 Å². The van der Waals surface area contributed by atoms with E-state index in [1.807, 2.05) is 0 Å². The van der Waals surface area contributed by atoms with Crippen molar-refractivity contribution in [2.24, 2.45) is 0 Å². The fourth-order valence-electron chi connectivity index (χ4n) is 5.90. The number of para-hydroxylation sites is 1. The van der Waals surface area contributed by atoms with Gasteiger partial charge in [-0.05, 0) is 60.2 Å². The molecule has 1 amide bonds. The molecule has 1 saturated heterocycles. The molecule has 0 saturated carbocycles. The maximum absolute atomic E-state index is 13.8. The summed E-state index contributed by atoms with van der Waals surface area (Å²) in [5.74, 6) is -0.0958. The van der Waals surface area contributed by atoms with E-state index in [1.165, 1.54) is 42.7 Å². The van der Waals surface area contributed by atoms with Gasteiger partial charge in [0.05, 0.1) is 55.0 Å². The Balaban J connectivity index is 1.52. The van der Waals surface area contributed by atoms with Gasteiger partial charge in [-0.1, -0.05) is 12.1 Å². The molecule has 7 rings (SSSR count). The van der Waals surface area contributed by atoms with Crippen molar-refractivity contribution in [3.8, 4) is 45.7 Å². The van der Waals surface area contributed by atoms with Crippen LogP contribution in [-0.4, -0.2) is 59.0 Å². The van der Waals surface area contributed by atoms with Crippen LogP contribution in [0.15, 0.2) is 81.6 Å². The standard InChI is InChI=1S/C35H27FN4O7S/c1-38-34(41)31-25-14-24(20-9-12-28(44-2)26(13-20)35-39-32-21(16-37)5-4-6-29(32)47-35)27(40(48(3,42)43)23-17-45-18-23)15-30(25)46-33(31)19-7-10-22(36)11-8-19/h4-15,23H,17-18H2,1-3H3,(H,38,41). The number of hydrogen-bond acceptors (Lipinski definition) is 9. The highest BCUT2D eigenvalue weighted by molar-refractivity contribution is 7.92. The van der Waals surface area contributed by atoms with E-state index in [0.29, 0.717) is 55.7 Å². The lowest BCUT2D eigenvalue weighted by Crippen LogP contribution is -2.51. The minimum Gasteiger partial charge on any atom is -0.496 e. The Kier molecular flexibility index (Phi) is 7.62. The van der Waals surface area contributed by atoms with Crippen LogP contribution in [0.25, 0.3) is 56.0 Å². The minimum absolute atomic E-state index is 0.186. The zero-order valence-corrected chi connectivity index (χ0v) is 26.7. The highest BCUT2D eigenvalue weighted by Gasteiger charge is 2.36. The Hall–Kier alpha value is -5.71. The van der Waals surface area contributed by atoms with Gasteiger partial charge in [0, 0.05) is 29.6 Å². The van der Waals surface area contributed by atoms with Crippen LogP contribution in [0.3, 0.4) is 0 Å². The first-order chi connectivity index (χ1) is 23.1. The molecule has 1 fully saturated rings. The van der Waals surface area contributed by atoms with Crippen molar-refractivity contribution in [3.05, 3.63) is 89.7 Å². The number of benzene rings is 4. The van der Waals surface area contributed by atoms with E-state index in [9.17, 15) is 22.9 Å². The van der Waals surface area contributed by atoms with Crippen molar-refractivity contribution in [3.63, 3.8) is 0 Å². The summed E-state index contributed by atoms with van der Waals surface area (Å²) in [5, 5.41) is 12.7. The number of amides is 1. The molecule has 0 unspecified atom stereocenters. The number of aromatic nitrogens is 1. The summed E-state index contributed by atoms with van der Waals surface area (Å²) in [5.41, 5.74) is 3.79. The van der Waals surface area contributed by atoms with Gasteiger partial charge in [-0.25, -0.2) is 17.8 Å². The predicted molar refractivity (Wildman–Crippen MR) is 177 cm³/mol. The summed E-state index contributed by atoms with van der Waals surface area (Å²) < 4.78 is 65.2. The average Bonchev–Trinajstić information content (AvgIpc) is 3.66. The van der Waals surface area contributed by atoms with E-state index in [-0.39, 0.29) is 36.0 Å². The summed E-state index contributed by atoms with van der Waals surface area (Å²) in [4.78, 5) is 18.0. The first-order valence-electron chi connectivity index (χ1n) is 14.8. The number of furan rings is 1. The van der Waals surface area contributed by atoms with Crippen LogP contribution in [-0.2, 0) is 14.8 Å². The molecule has 0 aliphatic carbocycles. The summed E-state index contributed by atoms with van der Waals surface area (Å²) in [6.07, 6.45) is 1.12. The fraction of sp³-hybridized carbons (Fsp3) is 0.171. The molecule has 0 atom stereocenters. The number of rotatable bonds is 8. The zero-order chi connectivity index (χ0) is 33.7. The highest BCUT2D eigenvalue weighted by Crippen LogP contribution is 2.44. The number of nitrogens with one attached hydrogen (secondary N) is 1. The Morgan fingerprint density at radius 3 is 2.42 bits per heavy atom. The second kappa shape index (κ2) is 11.8. The summed E-state index contributed by atoms with van der Waals surface area (Å²) >= 11 is 0. The molecule has 3 heterocycles. The van der Waals surface area contributed by atoms with Crippen molar-refractivity contribution in [1.82, 2.24) is 10.3 Å². The number of nitrogens with zero attached hydrogens (tertiary/aromatic N) is 3. The van der Waals surface area contributed by atoms with E-state index in [2.05, 4.69) is 16.4 Å². The monoisotopic (exact) mass is 666 g/mol. The Bertz CT molecular complexity index is 2390. The molecule has 0 spiro atoms. The molecule has 48 heavy (non-hydrogen) atoms. The van der Waals surface area contributed by atoms with E-state index in [0.717, 1.165) is 6.26 Å². The van der Waals surface area contributed by atoms with Gasteiger partial charge in [-0.15, -0.1) is 0 Å². The lowest BCUT2D eigenvalue weighted by Gasteiger charge is -2.38. The normalized spacial score (nSPS) is 13.3. The number of fused-ring (bicyclic) bond motifs is 2. The molecule has 1 aliphatic heterocycles. The summed E-state index contributed by atoms with van der Waals surface area (Å²) in [6, 6.07) is 20.7. The zero-order valence-electron chi connectivity index (χ0n) is 25.9. The van der Waals surface area contributed by atoms with Gasteiger partial charge < -0.3 is 23.6 Å².